The average molecular weight is 297 g/mol. The number of carbonyl (C=O) groups is 2. The van der Waals surface area contributed by atoms with Crippen LogP contribution in [0.25, 0.3) is 0 Å². The van der Waals surface area contributed by atoms with Crippen LogP contribution < -0.4 is 10.6 Å². The number of carboxylic acid groups (broad SMARTS) is 1. The Kier molecular flexibility index (Phi) is 4.49. The van der Waals surface area contributed by atoms with E-state index in [1.807, 2.05) is 13.0 Å². The molecule has 3 N–H and O–H groups in total. The molecule has 5 nitrogen and oxygen atoms in total. The number of hydrogen-bond acceptors (Lipinski definition) is 2. The summed E-state index contributed by atoms with van der Waals surface area (Å²) in [4.78, 5) is 22.6. The number of benzene rings is 1. The highest BCUT2D eigenvalue weighted by atomic mass is 35.5. The predicted molar refractivity (Wildman–Crippen MR) is 77.1 cm³/mol. The van der Waals surface area contributed by atoms with Crippen molar-refractivity contribution in [1.82, 2.24) is 5.32 Å². The third-order valence-corrected chi connectivity index (χ3v) is 3.74. The maximum atomic E-state index is 11.9. The van der Waals surface area contributed by atoms with E-state index in [9.17, 15) is 9.59 Å². The van der Waals surface area contributed by atoms with Gasteiger partial charge in [0.2, 0.25) is 0 Å². The van der Waals surface area contributed by atoms with Crippen molar-refractivity contribution in [2.75, 3.05) is 5.32 Å². The molecule has 0 spiro atoms. The van der Waals surface area contributed by atoms with Gasteiger partial charge in [0, 0.05) is 16.8 Å². The number of nitrogens with one attached hydrogen (secondary N) is 2. The molecule has 20 heavy (non-hydrogen) atoms. The van der Waals surface area contributed by atoms with Crippen molar-refractivity contribution < 1.29 is 14.7 Å². The molecule has 1 aliphatic rings. The molecule has 0 aliphatic heterocycles. The molecule has 1 aliphatic carbocycles. The number of aryl methyl sites for hydroxylation is 1. The lowest BCUT2D eigenvalue weighted by molar-refractivity contribution is -0.137. The Morgan fingerprint density at radius 3 is 2.70 bits per heavy atom. The Bertz CT molecular complexity index is 529. The van der Waals surface area contributed by atoms with Crippen LogP contribution in [0.2, 0.25) is 5.02 Å². The van der Waals surface area contributed by atoms with Gasteiger partial charge >= 0.3 is 12.0 Å². The number of hydrogen-bond donors (Lipinski definition) is 3. The Labute approximate surface area is 122 Å². The van der Waals surface area contributed by atoms with Crippen molar-refractivity contribution >= 4 is 29.3 Å². The van der Waals surface area contributed by atoms with E-state index in [0.717, 1.165) is 18.4 Å². The molecule has 0 aromatic heterocycles. The van der Waals surface area contributed by atoms with Crippen LogP contribution >= 0.6 is 11.6 Å². The van der Waals surface area contributed by atoms with Gasteiger partial charge < -0.3 is 15.7 Å². The van der Waals surface area contributed by atoms with Crippen molar-refractivity contribution in [3.8, 4) is 0 Å². The average Bonchev–Trinajstić information content (AvgIpc) is 3.16. The minimum absolute atomic E-state index is 0.0489. The minimum Gasteiger partial charge on any atom is -0.481 e. The van der Waals surface area contributed by atoms with Crippen LogP contribution in [-0.4, -0.2) is 23.1 Å². The first-order valence-electron chi connectivity index (χ1n) is 6.51. The summed E-state index contributed by atoms with van der Waals surface area (Å²) in [6.45, 7) is 1.88. The second-order valence-electron chi connectivity index (χ2n) is 5.10. The summed E-state index contributed by atoms with van der Waals surface area (Å²) in [5.74, 6) is -0.626. The van der Waals surface area contributed by atoms with Crippen molar-refractivity contribution in [2.45, 2.75) is 32.2 Å². The molecule has 1 saturated carbocycles. The third kappa shape index (κ3) is 4.13. The van der Waals surface area contributed by atoms with Crippen LogP contribution in [0.5, 0.6) is 0 Å². The van der Waals surface area contributed by atoms with Crippen molar-refractivity contribution in [3.63, 3.8) is 0 Å². The first-order chi connectivity index (χ1) is 9.45. The van der Waals surface area contributed by atoms with Gasteiger partial charge in [-0.3, -0.25) is 4.79 Å². The van der Waals surface area contributed by atoms with E-state index >= 15 is 0 Å². The number of carboxylic acids is 1. The molecule has 2 amide bonds. The number of carbonyl (C=O) groups excluding carboxylic acids is 1. The van der Waals surface area contributed by atoms with E-state index < -0.39 is 12.0 Å². The maximum Gasteiger partial charge on any atom is 0.319 e. The molecule has 6 heteroatoms. The largest absolute Gasteiger partial charge is 0.481 e. The zero-order valence-corrected chi connectivity index (χ0v) is 11.9. The fourth-order valence-corrected chi connectivity index (χ4v) is 2.21. The number of halogens is 1. The van der Waals surface area contributed by atoms with Gasteiger partial charge in [0.15, 0.2) is 0 Å². The van der Waals surface area contributed by atoms with E-state index in [0.29, 0.717) is 10.7 Å². The number of urea groups is 1. The van der Waals surface area contributed by atoms with E-state index in [1.165, 1.54) is 0 Å². The van der Waals surface area contributed by atoms with Gasteiger partial charge in [-0.2, -0.15) is 0 Å². The Morgan fingerprint density at radius 2 is 2.15 bits per heavy atom. The lowest BCUT2D eigenvalue weighted by Crippen LogP contribution is -2.40. The standard InChI is InChI=1S/C14H17ClN2O3/c1-8-2-5-10(6-11(8)15)16-14(20)17-12(7-13(18)19)9-3-4-9/h2,5-6,9,12H,3-4,7H2,1H3,(H,18,19)(H2,16,17,20). The van der Waals surface area contributed by atoms with Crippen molar-refractivity contribution in [3.05, 3.63) is 28.8 Å². The van der Waals surface area contributed by atoms with E-state index in [2.05, 4.69) is 10.6 Å². The number of aliphatic carboxylic acids is 1. The van der Waals surface area contributed by atoms with Gasteiger partial charge in [0.1, 0.15) is 0 Å². The van der Waals surface area contributed by atoms with Gasteiger partial charge in [-0.25, -0.2) is 4.79 Å². The SMILES string of the molecule is Cc1ccc(NC(=O)NC(CC(=O)O)C2CC2)cc1Cl. The summed E-state index contributed by atoms with van der Waals surface area (Å²) in [6.07, 6.45) is 1.88. The third-order valence-electron chi connectivity index (χ3n) is 3.33. The number of amides is 2. The zero-order valence-electron chi connectivity index (χ0n) is 11.1. The normalized spacial score (nSPS) is 15.5. The van der Waals surface area contributed by atoms with Gasteiger partial charge in [-0.1, -0.05) is 17.7 Å². The maximum absolute atomic E-state index is 11.9. The molecule has 108 valence electrons. The molecule has 1 atom stereocenters. The Balaban J connectivity index is 1.93. The van der Waals surface area contributed by atoms with Crippen LogP contribution in [0.4, 0.5) is 10.5 Å². The van der Waals surface area contributed by atoms with E-state index in [-0.39, 0.29) is 18.4 Å². The summed E-state index contributed by atoms with van der Waals surface area (Å²) >= 11 is 5.98. The molecule has 0 bridgehead atoms. The first kappa shape index (κ1) is 14.7. The topological polar surface area (TPSA) is 78.4 Å². The van der Waals surface area contributed by atoms with Crippen LogP contribution in [-0.2, 0) is 4.79 Å². The molecule has 1 aromatic rings. The molecular formula is C14H17ClN2O3. The lowest BCUT2D eigenvalue weighted by Gasteiger charge is -2.17. The van der Waals surface area contributed by atoms with E-state index in [4.69, 9.17) is 16.7 Å². The summed E-state index contributed by atoms with van der Waals surface area (Å²) in [6, 6.07) is 4.52. The summed E-state index contributed by atoms with van der Waals surface area (Å²) in [5, 5.41) is 14.8. The van der Waals surface area contributed by atoms with Crippen molar-refractivity contribution in [2.24, 2.45) is 5.92 Å². The fourth-order valence-electron chi connectivity index (χ4n) is 2.03. The summed E-state index contributed by atoms with van der Waals surface area (Å²) < 4.78 is 0. The van der Waals surface area contributed by atoms with Crippen LogP contribution in [0.3, 0.4) is 0 Å². The Hall–Kier alpha value is -1.75. The highest BCUT2D eigenvalue weighted by Gasteiger charge is 2.33. The number of rotatable bonds is 5. The first-order valence-corrected chi connectivity index (χ1v) is 6.89. The predicted octanol–water partition coefficient (Wildman–Crippen LogP) is 3.02. The van der Waals surface area contributed by atoms with Gasteiger partial charge in [-0.15, -0.1) is 0 Å². The van der Waals surface area contributed by atoms with Gasteiger partial charge in [0.05, 0.1) is 6.42 Å². The molecule has 1 aromatic carbocycles. The summed E-state index contributed by atoms with van der Waals surface area (Å²) in [5.41, 5.74) is 1.52. The quantitative estimate of drug-likeness (QED) is 0.781. The van der Waals surface area contributed by atoms with Crippen LogP contribution in [0.1, 0.15) is 24.8 Å². The smallest absolute Gasteiger partial charge is 0.319 e. The fraction of sp³-hybridized carbons (Fsp3) is 0.429. The molecule has 1 unspecified atom stereocenters. The van der Waals surface area contributed by atoms with E-state index in [1.54, 1.807) is 12.1 Å². The monoisotopic (exact) mass is 296 g/mol. The van der Waals surface area contributed by atoms with Crippen LogP contribution in [0, 0.1) is 12.8 Å². The molecule has 2 rings (SSSR count). The lowest BCUT2D eigenvalue weighted by atomic mass is 10.1. The Morgan fingerprint density at radius 1 is 1.45 bits per heavy atom. The van der Waals surface area contributed by atoms with Crippen molar-refractivity contribution in [1.29, 1.82) is 0 Å². The molecule has 0 saturated heterocycles. The second-order valence-corrected chi connectivity index (χ2v) is 5.51. The highest BCUT2D eigenvalue weighted by Crippen LogP contribution is 2.34. The van der Waals surface area contributed by atoms with Gasteiger partial charge in [-0.05, 0) is 43.4 Å². The second kappa shape index (κ2) is 6.13. The van der Waals surface area contributed by atoms with Crippen LogP contribution in [0.15, 0.2) is 18.2 Å². The number of anilines is 1. The molecule has 0 radical (unpaired) electrons. The molecule has 0 heterocycles. The molecule has 1 fully saturated rings. The van der Waals surface area contributed by atoms with Gasteiger partial charge in [0.25, 0.3) is 0 Å². The highest BCUT2D eigenvalue weighted by molar-refractivity contribution is 6.31. The molecular weight excluding hydrogens is 280 g/mol. The minimum atomic E-state index is -0.902. The zero-order chi connectivity index (χ0) is 14.7. The summed E-state index contributed by atoms with van der Waals surface area (Å²) in [7, 11) is 0.